The van der Waals surface area contributed by atoms with Crippen LogP contribution in [0.25, 0.3) is 0 Å². The zero-order chi connectivity index (χ0) is 10.1. The van der Waals surface area contributed by atoms with Crippen LogP contribution in [0.2, 0.25) is 0 Å². The molecule has 0 amide bonds. The number of hydrazine groups is 1. The lowest BCUT2D eigenvalue weighted by atomic mass is 9.78. The minimum absolute atomic E-state index is 0.565. The lowest BCUT2D eigenvalue weighted by molar-refractivity contribution is 0.196. The molecule has 2 rings (SSSR count). The van der Waals surface area contributed by atoms with Gasteiger partial charge in [0, 0.05) is 6.04 Å². The van der Waals surface area contributed by atoms with Gasteiger partial charge in [0.15, 0.2) is 0 Å². The number of hydrogen-bond acceptors (Lipinski definition) is 2. The van der Waals surface area contributed by atoms with Crippen LogP contribution >= 0.6 is 0 Å². The van der Waals surface area contributed by atoms with Gasteiger partial charge in [0.2, 0.25) is 0 Å². The molecule has 5 unspecified atom stereocenters. The van der Waals surface area contributed by atoms with E-state index in [0.29, 0.717) is 6.04 Å². The van der Waals surface area contributed by atoms with Gasteiger partial charge < -0.3 is 0 Å². The number of nitrogens with two attached hydrogens (primary N) is 1. The van der Waals surface area contributed by atoms with Crippen LogP contribution in [0.15, 0.2) is 0 Å². The second kappa shape index (κ2) is 4.19. The highest BCUT2D eigenvalue weighted by Crippen LogP contribution is 2.50. The Morgan fingerprint density at radius 3 is 2.57 bits per heavy atom. The predicted octanol–water partition coefficient (Wildman–Crippen LogP) is 2.30. The minimum atomic E-state index is 0.565. The molecule has 0 aromatic heterocycles. The Bertz CT molecular complexity index is 193. The van der Waals surface area contributed by atoms with E-state index in [0.717, 1.165) is 23.7 Å². The third-order valence-electron chi connectivity index (χ3n) is 4.70. The van der Waals surface area contributed by atoms with Crippen molar-refractivity contribution in [1.29, 1.82) is 0 Å². The van der Waals surface area contributed by atoms with Gasteiger partial charge in [-0.15, -0.1) is 0 Å². The second-order valence-corrected chi connectivity index (χ2v) is 5.42. The first-order chi connectivity index (χ1) is 6.76. The SMILES string of the molecule is CCC(C)C(NN)C1CC2CCC1C2. The molecule has 2 heteroatoms. The first kappa shape index (κ1) is 10.4. The summed E-state index contributed by atoms with van der Waals surface area (Å²) in [5.41, 5.74) is 3.08. The molecule has 14 heavy (non-hydrogen) atoms. The first-order valence-corrected chi connectivity index (χ1v) is 6.22. The molecule has 5 atom stereocenters. The zero-order valence-corrected chi connectivity index (χ0v) is 9.50. The van der Waals surface area contributed by atoms with Gasteiger partial charge in [-0.05, 0) is 42.9 Å². The molecule has 82 valence electrons. The number of fused-ring (bicyclic) bond motifs is 2. The zero-order valence-electron chi connectivity index (χ0n) is 9.50. The summed E-state index contributed by atoms with van der Waals surface area (Å²) in [5, 5.41) is 0. The van der Waals surface area contributed by atoms with E-state index < -0.39 is 0 Å². The summed E-state index contributed by atoms with van der Waals surface area (Å²) in [4.78, 5) is 0. The summed E-state index contributed by atoms with van der Waals surface area (Å²) in [6, 6.07) is 0.565. The molecule has 0 aromatic carbocycles. The normalized spacial score (nSPS) is 40.1. The van der Waals surface area contributed by atoms with Gasteiger partial charge in [-0.3, -0.25) is 11.3 Å². The Labute approximate surface area is 87.6 Å². The number of nitrogens with one attached hydrogen (secondary N) is 1. The molecule has 0 heterocycles. The number of rotatable bonds is 4. The maximum absolute atomic E-state index is 5.71. The van der Waals surface area contributed by atoms with Crippen LogP contribution in [0.4, 0.5) is 0 Å². The lowest BCUT2D eigenvalue weighted by Gasteiger charge is -2.33. The average molecular weight is 196 g/mol. The fourth-order valence-corrected chi connectivity index (χ4v) is 3.70. The lowest BCUT2D eigenvalue weighted by Crippen LogP contribution is -2.46. The van der Waals surface area contributed by atoms with Gasteiger partial charge in [-0.25, -0.2) is 0 Å². The van der Waals surface area contributed by atoms with Crippen molar-refractivity contribution in [2.75, 3.05) is 0 Å². The molecule has 2 nitrogen and oxygen atoms in total. The first-order valence-electron chi connectivity index (χ1n) is 6.22. The summed E-state index contributed by atoms with van der Waals surface area (Å²) in [7, 11) is 0. The van der Waals surface area contributed by atoms with Crippen molar-refractivity contribution < 1.29 is 0 Å². The Kier molecular flexibility index (Phi) is 3.13. The third-order valence-corrected chi connectivity index (χ3v) is 4.70. The Balaban J connectivity index is 1.98. The van der Waals surface area contributed by atoms with Crippen molar-refractivity contribution in [2.24, 2.45) is 29.5 Å². The molecule has 0 saturated heterocycles. The highest BCUT2D eigenvalue weighted by molar-refractivity contribution is 4.95. The van der Waals surface area contributed by atoms with Crippen LogP contribution < -0.4 is 11.3 Å². The van der Waals surface area contributed by atoms with Crippen LogP contribution in [-0.2, 0) is 0 Å². The maximum Gasteiger partial charge on any atom is 0.0267 e. The van der Waals surface area contributed by atoms with E-state index in [1.165, 1.54) is 32.1 Å². The molecule has 2 fully saturated rings. The highest BCUT2D eigenvalue weighted by Gasteiger charge is 2.43. The summed E-state index contributed by atoms with van der Waals surface area (Å²) >= 11 is 0. The second-order valence-electron chi connectivity index (χ2n) is 5.42. The standard InChI is InChI=1S/C12H24N2/c1-3-8(2)12(14-13)11-7-9-4-5-10(11)6-9/h8-12,14H,3-7,13H2,1-2H3. The molecule has 0 spiro atoms. The number of hydrogen-bond donors (Lipinski definition) is 2. The van der Waals surface area contributed by atoms with Crippen LogP contribution in [0.1, 0.15) is 46.0 Å². The van der Waals surface area contributed by atoms with Gasteiger partial charge in [0.1, 0.15) is 0 Å². The molecule has 0 radical (unpaired) electrons. The van der Waals surface area contributed by atoms with E-state index in [-0.39, 0.29) is 0 Å². The molecule has 2 aliphatic carbocycles. The fraction of sp³-hybridized carbons (Fsp3) is 1.00. The maximum atomic E-state index is 5.71. The molecule has 2 aliphatic rings. The Morgan fingerprint density at radius 1 is 1.36 bits per heavy atom. The van der Waals surface area contributed by atoms with Crippen molar-refractivity contribution in [3.05, 3.63) is 0 Å². The quantitative estimate of drug-likeness (QED) is 0.535. The third kappa shape index (κ3) is 1.70. The Hall–Kier alpha value is -0.0800. The van der Waals surface area contributed by atoms with Crippen molar-refractivity contribution in [3.63, 3.8) is 0 Å². The van der Waals surface area contributed by atoms with Crippen LogP contribution in [-0.4, -0.2) is 6.04 Å². The van der Waals surface area contributed by atoms with Crippen molar-refractivity contribution in [3.8, 4) is 0 Å². The molecular weight excluding hydrogens is 172 g/mol. The highest BCUT2D eigenvalue weighted by atomic mass is 15.2. The molecule has 0 aliphatic heterocycles. The predicted molar refractivity (Wildman–Crippen MR) is 59.5 cm³/mol. The molecule has 2 saturated carbocycles. The van der Waals surface area contributed by atoms with E-state index in [2.05, 4.69) is 19.3 Å². The molecule has 2 bridgehead atoms. The smallest absolute Gasteiger partial charge is 0.0267 e. The van der Waals surface area contributed by atoms with Crippen LogP contribution in [0.5, 0.6) is 0 Å². The fourth-order valence-electron chi connectivity index (χ4n) is 3.70. The van der Waals surface area contributed by atoms with Crippen molar-refractivity contribution in [1.82, 2.24) is 5.43 Å². The van der Waals surface area contributed by atoms with E-state index in [4.69, 9.17) is 5.84 Å². The summed E-state index contributed by atoms with van der Waals surface area (Å²) in [5.74, 6) is 9.32. The topological polar surface area (TPSA) is 38.0 Å². The van der Waals surface area contributed by atoms with E-state index in [9.17, 15) is 0 Å². The largest absolute Gasteiger partial charge is 0.271 e. The molecule has 0 aromatic rings. The molecule has 3 N–H and O–H groups in total. The van der Waals surface area contributed by atoms with Crippen molar-refractivity contribution >= 4 is 0 Å². The van der Waals surface area contributed by atoms with Gasteiger partial charge in [0.25, 0.3) is 0 Å². The van der Waals surface area contributed by atoms with Gasteiger partial charge in [-0.1, -0.05) is 26.7 Å². The van der Waals surface area contributed by atoms with Crippen LogP contribution in [0, 0.1) is 23.7 Å². The molecular formula is C12H24N2. The summed E-state index contributed by atoms with van der Waals surface area (Å²) in [6.07, 6.45) is 7.11. The monoisotopic (exact) mass is 196 g/mol. The Morgan fingerprint density at radius 2 is 2.14 bits per heavy atom. The van der Waals surface area contributed by atoms with Crippen molar-refractivity contribution in [2.45, 2.75) is 52.0 Å². The van der Waals surface area contributed by atoms with Gasteiger partial charge in [0.05, 0.1) is 0 Å². The van der Waals surface area contributed by atoms with Crippen LogP contribution in [0.3, 0.4) is 0 Å². The minimum Gasteiger partial charge on any atom is -0.271 e. The van der Waals surface area contributed by atoms with E-state index in [1.807, 2.05) is 0 Å². The summed E-state index contributed by atoms with van der Waals surface area (Å²) < 4.78 is 0. The van der Waals surface area contributed by atoms with Gasteiger partial charge in [-0.2, -0.15) is 0 Å². The average Bonchev–Trinajstić information content (AvgIpc) is 2.80. The van der Waals surface area contributed by atoms with Gasteiger partial charge >= 0.3 is 0 Å². The van der Waals surface area contributed by atoms with E-state index in [1.54, 1.807) is 0 Å². The summed E-state index contributed by atoms with van der Waals surface area (Å²) in [6.45, 7) is 4.60. The van der Waals surface area contributed by atoms with E-state index >= 15 is 0 Å².